The molecule has 0 atom stereocenters. The van der Waals surface area contributed by atoms with Gasteiger partial charge < -0.3 is 19.7 Å². The van der Waals surface area contributed by atoms with Gasteiger partial charge in [-0.25, -0.2) is 0 Å². The highest BCUT2D eigenvalue weighted by atomic mass is 16.7. The maximum atomic E-state index is 6.05. The van der Waals surface area contributed by atoms with Crippen LogP contribution >= 0.6 is 0 Å². The zero-order chi connectivity index (χ0) is 14.2. The Balaban J connectivity index is 1.75. The second-order valence-electron chi connectivity index (χ2n) is 5.71. The van der Waals surface area contributed by atoms with Gasteiger partial charge in [-0.1, -0.05) is 30.5 Å². The lowest BCUT2D eigenvalue weighted by Gasteiger charge is -2.20. The van der Waals surface area contributed by atoms with Crippen molar-refractivity contribution < 1.29 is 14.0 Å². The SMILES string of the molecule is Nc1noc(C2CCCCC2)c1-c1ccc2c(c1)OCO2. The van der Waals surface area contributed by atoms with Crippen molar-refractivity contribution >= 4 is 5.82 Å². The van der Waals surface area contributed by atoms with Crippen LogP contribution in [0.25, 0.3) is 11.1 Å². The van der Waals surface area contributed by atoms with Crippen molar-refractivity contribution in [2.45, 2.75) is 38.0 Å². The molecule has 1 aromatic carbocycles. The highest BCUT2D eigenvalue weighted by molar-refractivity contribution is 5.77. The van der Waals surface area contributed by atoms with E-state index in [0.717, 1.165) is 41.2 Å². The van der Waals surface area contributed by atoms with Crippen molar-refractivity contribution in [3.8, 4) is 22.6 Å². The quantitative estimate of drug-likeness (QED) is 0.911. The minimum absolute atomic E-state index is 0.271. The van der Waals surface area contributed by atoms with Crippen LogP contribution in [0.3, 0.4) is 0 Å². The lowest BCUT2D eigenvalue weighted by Crippen LogP contribution is -2.05. The largest absolute Gasteiger partial charge is 0.454 e. The number of fused-ring (bicyclic) bond motifs is 1. The van der Waals surface area contributed by atoms with E-state index in [1.807, 2.05) is 18.2 Å². The Hall–Kier alpha value is -2.17. The molecule has 1 saturated carbocycles. The molecule has 1 aliphatic carbocycles. The normalized spacial score (nSPS) is 18.1. The summed E-state index contributed by atoms with van der Waals surface area (Å²) in [6, 6.07) is 5.86. The van der Waals surface area contributed by atoms with E-state index in [1.165, 1.54) is 19.3 Å². The second kappa shape index (κ2) is 4.98. The number of aromatic nitrogens is 1. The Labute approximate surface area is 123 Å². The smallest absolute Gasteiger partial charge is 0.231 e. The third kappa shape index (κ3) is 2.13. The van der Waals surface area contributed by atoms with Gasteiger partial charge >= 0.3 is 0 Å². The number of benzene rings is 1. The van der Waals surface area contributed by atoms with E-state index < -0.39 is 0 Å². The first kappa shape index (κ1) is 12.6. The monoisotopic (exact) mass is 286 g/mol. The van der Waals surface area contributed by atoms with E-state index in [1.54, 1.807) is 0 Å². The summed E-state index contributed by atoms with van der Waals surface area (Å²) in [6.07, 6.45) is 6.08. The molecule has 0 radical (unpaired) electrons. The molecule has 1 aromatic heterocycles. The topological polar surface area (TPSA) is 70.5 Å². The molecule has 2 aromatic rings. The van der Waals surface area contributed by atoms with Gasteiger partial charge in [-0.05, 0) is 30.5 Å². The standard InChI is InChI=1S/C16H18N2O3/c17-16-14(11-6-7-12-13(8-11)20-9-19-12)15(21-18-16)10-4-2-1-3-5-10/h6-8,10H,1-5,9H2,(H2,17,18). The van der Waals surface area contributed by atoms with Crippen LogP contribution in [0, 0.1) is 0 Å². The molecule has 0 spiro atoms. The molecule has 0 unspecified atom stereocenters. The van der Waals surface area contributed by atoms with Crippen LogP contribution in [-0.4, -0.2) is 11.9 Å². The summed E-state index contributed by atoms with van der Waals surface area (Å²) in [6.45, 7) is 0.271. The average Bonchev–Trinajstić information content (AvgIpc) is 3.13. The van der Waals surface area contributed by atoms with Crippen molar-refractivity contribution in [3.63, 3.8) is 0 Å². The molecular formula is C16H18N2O3. The number of nitrogens with zero attached hydrogens (tertiary/aromatic N) is 1. The molecule has 21 heavy (non-hydrogen) atoms. The summed E-state index contributed by atoms with van der Waals surface area (Å²) < 4.78 is 16.4. The number of hydrogen-bond donors (Lipinski definition) is 1. The van der Waals surface area contributed by atoms with Crippen LogP contribution in [-0.2, 0) is 0 Å². The van der Waals surface area contributed by atoms with Gasteiger partial charge in [-0.15, -0.1) is 0 Å². The molecule has 5 heteroatoms. The van der Waals surface area contributed by atoms with Gasteiger partial charge in [-0.3, -0.25) is 0 Å². The van der Waals surface area contributed by atoms with Crippen LogP contribution in [0.15, 0.2) is 22.7 Å². The Bertz CT molecular complexity index is 660. The minimum Gasteiger partial charge on any atom is -0.454 e. The third-order valence-electron chi connectivity index (χ3n) is 4.38. The van der Waals surface area contributed by atoms with Crippen LogP contribution in [0.5, 0.6) is 11.5 Å². The highest BCUT2D eigenvalue weighted by Gasteiger charge is 2.26. The van der Waals surface area contributed by atoms with E-state index in [9.17, 15) is 0 Å². The third-order valence-corrected chi connectivity index (χ3v) is 4.38. The van der Waals surface area contributed by atoms with Crippen molar-refractivity contribution in [2.75, 3.05) is 12.5 Å². The van der Waals surface area contributed by atoms with E-state index in [2.05, 4.69) is 5.16 Å². The van der Waals surface area contributed by atoms with Crippen LogP contribution < -0.4 is 15.2 Å². The van der Waals surface area contributed by atoms with Crippen molar-refractivity contribution in [1.29, 1.82) is 0 Å². The fourth-order valence-electron chi connectivity index (χ4n) is 3.30. The predicted molar refractivity (Wildman–Crippen MR) is 78.3 cm³/mol. The van der Waals surface area contributed by atoms with Crippen LogP contribution in [0.4, 0.5) is 5.82 Å². The minimum atomic E-state index is 0.271. The number of anilines is 1. The molecule has 5 nitrogen and oxygen atoms in total. The first-order chi connectivity index (χ1) is 10.3. The maximum absolute atomic E-state index is 6.05. The number of nitrogens with two attached hydrogens (primary N) is 1. The average molecular weight is 286 g/mol. The number of rotatable bonds is 2. The second-order valence-corrected chi connectivity index (χ2v) is 5.71. The van der Waals surface area contributed by atoms with Gasteiger partial charge in [0, 0.05) is 5.92 Å². The lowest BCUT2D eigenvalue weighted by atomic mass is 9.85. The first-order valence-electron chi connectivity index (χ1n) is 7.48. The van der Waals surface area contributed by atoms with E-state index in [4.69, 9.17) is 19.7 Å². The first-order valence-corrected chi connectivity index (χ1v) is 7.48. The molecule has 2 N–H and O–H groups in total. The van der Waals surface area contributed by atoms with Crippen molar-refractivity contribution in [3.05, 3.63) is 24.0 Å². The summed E-state index contributed by atoms with van der Waals surface area (Å²) in [7, 11) is 0. The Morgan fingerprint density at radius 2 is 1.86 bits per heavy atom. The van der Waals surface area contributed by atoms with Crippen molar-refractivity contribution in [2.24, 2.45) is 0 Å². The fraction of sp³-hybridized carbons (Fsp3) is 0.438. The number of hydrogen-bond acceptors (Lipinski definition) is 5. The summed E-state index contributed by atoms with van der Waals surface area (Å²) >= 11 is 0. The molecular weight excluding hydrogens is 268 g/mol. The number of nitrogen functional groups attached to an aromatic ring is 1. The van der Waals surface area contributed by atoms with Gasteiger partial charge in [0.25, 0.3) is 0 Å². The van der Waals surface area contributed by atoms with Gasteiger partial charge in [0.05, 0.1) is 5.56 Å². The zero-order valence-electron chi connectivity index (χ0n) is 11.8. The van der Waals surface area contributed by atoms with E-state index in [0.29, 0.717) is 11.7 Å². The molecule has 1 fully saturated rings. The molecule has 110 valence electrons. The number of ether oxygens (including phenoxy) is 2. The zero-order valence-corrected chi connectivity index (χ0v) is 11.8. The summed E-state index contributed by atoms with van der Waals surface area (Å²) in [5.41, 5.74) is 7.95. The van der Waals surface area contributed by atoms with E-state index >= 15 is 0 Å². The Morgan fingerprint density at radius 1 is 1.05 bits per heavy atom. The molecule has 0 bridgehead atoms. The van der Waals surface area contributed by atoms with Gasteiger partial charge in [0.15, 0.2) is 17.3 Å². The summed E-state index contributed by atoms with van der Waals surface area (Å²) in [5.74, 6) is 3.32. The maximum Gasteiger partial charge on any atom is 0.231 e. The molecule has 0 saturated heterocycles. The summed E-state index contributed by atoms with van der Waals surface area (Å²) in [5, 5.41) is 3.99. The van der Waals surface area contributed by atoms with Crippen molar-refractivity contribution in [1.82, 2.24) is 5.16 Å². The van der Waals surface area contributed by atoms with Gasteiger partial charge in [0.2, 0.25) is 6.79 Å². The molecule has 0 amide bonds. The van der Waals surface area contributed by atoms with Gasteiger partial charge in [0.1, 0.15) is 5.76 Å². The molecule has 1 aliphatic heterocycles. The Morgan fingerprint density at radius 3 is 2.71 bits per heavy atom. The molecule has 2 heterocycles. The lowest BCUT2D eigenvalue weighted by molar-refractivity contribution is 0.174. The Kier molecular flexibility index (Phi) is 2.98. The fourth-order valence-corrected chi connectivity index (χ4v) is 3.30. The van der Waals surface area contributed by atoms with Crippen LogP contribution in [0.1, 0.15) is 43.8 Å². The summed E-state index contributed by atoms with van der Waals surface area (Å²) in [4.78, 5) is 0. The highest BCUT2D eigenvalue weighted by Crippen LogP contribution is 2.43. The van der Waals surface area contributed by atoms with Crippen LogP contribution in [0.2, 0.25) is 0 Å². The molecule has 2 aliphatic rings. The predicted octanol–water partition coefficient (Wildman–Crippen LogP) is 3.70. The molecule has 4 rings (SSSR count). The van der Waals surface area contributed by atoms with Gasteiger partial charge in [-0.2, -0.15) is 0 Å². The van der Waals surface area contributed by atoms with E-state index in [-0.39, 0.29) is 6.79 Å².